The fourth-order valence-electron chi connectivity index (χ4n) is 3.07. The third-order valence-corrected chi connectivity index (χ3v) is 4.87. The van der Waals surface area contributed by atoms with Crippen LogP contribution in [-0.4, -0.2) is 49.2 Å². The average molecular weight is 388 g/mol. The lowest BCUT2D eigenvalue weighted by molar-refractivity contribution is 0.0342. The van der Waals surface area contributed by atoms with E-state index in [-0.39, 0.29) is 6.03 Å². The molecule has 1 heterocycles. The molecule has 5 nitrogen and oxygen atoms in total. The van der Waals surface area contributed by atoms with Crippen LogP contribution in [0.5, 0.6) is 0 Å². The minimum atomic E-state index is -0.104. The van der Waals surface area contributed by atoms with Crippen LogP contribution < -0.4 is 5.32 Å². The van der Waals surface area contributed by atoms with Gasteiger partial charge in [0.05, 0.1) is 13.2 Å². The number of ether oxygens (including phenoxy) is 1. The van der Waals surface area contributed by atoms with Crippen LogP contribution in [-0.2, 0) is 24.4 Å². The minimum Gasteiger partial charge on any atom is -0.379 e. The molecule has 0 aromatic heterocycles. The van der Waals surface area contributed by atoms with E-state index >= 15 is 0 Å². The molecule has 1 aliphatic rings. The van der Waals surface area contributed by atoms with Crippen molar-refractivity contribution in [3.05, 3.63) is 70.2 Å². The molecular formula is C21H26ClN3O2. The number of hydrogen-bond donors (Lipinski definition) is 1. The van der Waals surface area contributed by atoms with Gasteiger partial charge in [0.25, 0.3) is 0 Å². The van der Waals surface area contributed by atoms with Gasteiger partial charge in [-0.05, 0) is 28.8 Å². The van der Waals surface area contributed by atoms with E-state index in [4.69, 9.17) is 16.3 Å². The zero-order valence-electron chi connectivity index (χ0n) is 15.7. The predicted molar refractivity (Wildman–Crippen MR) is 108 cm³/mol. The van der Waals surface area contributed by atoms with E-state index in [0.29, 0.717) is 18.1 Å². The molecule has 0 saturated carbocycles. The van der Waals surface area contributed by atoms with Gasteiger partial charge >= 0.3 is 6.03 Å². The summed E-state index contributed by atoms with van der Waals surface area (Å²) in [4.78, 5) is 16.3. The molecule has 1 fully saturated rings. The number of carbonyl (C=O) groups excluding carboxylic acids is 1. The second-order valence-corrected chi connectivity index (χ2v) is 7.29. The summed E-state index contributed by atoms with van der Waals surface area (Å²) in [6.07, 6.45) is 0. The molecule has 0 aliphatic carbocycles. The first kappa shape index (κ1) is 19.7. The van der Waals surface area contributed by atoms with Crippen LogP contribution >= 0.6 is 11.6 Å². The standard InChI is InChI=1S/C21H26ClN3O2/c1-24(15-19-3-2-4-20(22)13-19)21(26)23-14-17-5-7-18(8-6-17)16-25-9-11-27-12-10-25/h2-8,13H,9-12,14-16H2,1H3,(H,23,26). The van der Waals surface area contributed by atoms with Gasteiger partial charge in [-0.3, -0.25) is 4.90 Å². The highest BCUT2D eigenvalue weighted by molar-refractivity contribution is 6.30. The normalized spacial score (nSPS) is 14.7. The lowest BCUT2D eigenvalue weighted by Gasteiger charge is -2.26. The number of morpholine rings is 1. The Morgan fingerprint density at radius 1 is 1.11 bits per heavy atom. The molecule has 2 amide bonds. The van der Waals surface area contributed by atoms with Crippen molar-refractivity contribution in [2.75, 3.05) is 33.4 Å². The first-order valence-electron chi connectivity index (χ1n) is 9.21. The number of carbonyl (C=O) groups is 1. The Bertz CT molecular complexity index is 745. The SMILES string of the molecule is CN(Cc1cccc(Cl)c1)C(=O)NCc1ccc(CN2CCOCC2)cc1. The molecule has 0 atom stereocenters. The first-order chi connectivity index (χ1) is 13.1. The van der Waals surface area contributed by atoms with Gasteiger partial charge < -0.3 is 15.0 Å². The van der Waals surface area contributed by atoms with E-state index in [1.54, 1.807) is 11.9 Å². The summed E-state index contributed by atoms with van der Waals surface area (Å²) in [7, 11) is 1.78. The molecule has 0 radical (unpaired) electrons. The van der Waals surface area contributed by atoms with E-state index in [0.717, 1.165) is 44.0 Å². The molecule has 3 rings (SSSR count). The third kappa shape index (κ3) is 6.24. The van der Waals surface area contributed by atoms with Gasteiger partial charge in [0.2, 0.25) is 0 Å². The van der Waals surface area contributed by atoms with Crippen LogP contribution in [0.25, 0.3) is 0 Å². The van der Waals surface area contributed by atoms with Crippen LogP contribution in [0.1, 0.15) is 16.7 Å². The van der Waals surface area contributed by atoms with Gasteiger partial charge in [-0.25, -0.2) is 4.79 Å². The highest BCUT2D eigenvalue weighted by Crippen LogP contribution is 2.12. The van der Waals surface area contributed by atoms with Crippen LogP contribution in [0.4, 0.5) is 4.79 Å². The van der Waals surface area contributed by atoms with Crippen molar-refractivity contribution in [1.82, 2.24) is 15.1 Å². The second kappa shape index (κ2) is 9.74. The highest BCUT2D eigenvalue weighted by atomic mass is 35.5. The number of halogens is 1. The van der Waals surface area contributed by atoms with E-state index in [1.165, 1.54) is 5.56 Å². The summed E-state index contributed by atoms with van der Waals surface area (Å²) in [6, 6.07) is 15.9. The monoisotopic (exact) mass is 387 g/mol. The molecule has 1 N–H and O–H groups in total. The Hall–Kier alpha value is -2.08. The summed E-state index contributed by atoms with van der Waals surface area (Å²) < 4.78 is 5.38. The lowest BCUT2D eigenvalue weighted by Crippen LogP contribution is -2.36. The van der Waals surface area contributed by atoms with Crippen LogP contribution in [0, 0.1) is 0 Å². The topological polar surface area (TPSA) is 44.8 Å². The van der Waals surface area contributed by atoms with E-state index in [1.807, 2.05) is 24.3 Å². The predicted octanol–water partition coefficient (Wildman–Crippen LogP) is 3.51. The van der Waals surface area contributed by atoms with Crippen molar-refractivity contribution in [2.24, 2.45) is 0 Å². The Labute approximate surface area is 165 Å². The molecule has 144 valence electrons. The van der Waals surface area contributed by atoms with Gasteiger partial charge in [-0.2, -0.15) is 0 Å². The molecule has 1 aliphatic heterocycles. The van der Waals surface area contributed by atoms with Crippen molar-refractivity contribution in [3.8, 4) is 0 Å². The van der Waals surface area contributed by atoms with E-state index < -0.39 is 0 Å². The zero-order valence-corrected chi connectivity index (χ0v) is 16.4. The van der Waals surface area contributed by atoms with Gasteiger partial charge in [0, 0.05) is 44.8 Å². The van der Waals surface area contributed by atoms with Gasteiger partial charge in [0.15, 0.2) is 0 Å². The average Bonchev–Trinajstić information content (AvgIpc) is 2.68. The van der Waals surface area contributed by atoms with Gasteiger partial charge in [-0.15, -0.1) is 0 Å². The van der Waals surface area contributed by atoms with Crippen LogP contribution in [0.15, 0.2) is 48.5 Å². The minimum absolute atomic E-state index is 0.104. The maximum absolute atomic E-state index is 12.3. The summed E-state index contributed by atoms with van der Waals surface area (Å²) >= 11 is 6.00. The molecule has 0 spiro atoms. The molecule has 1 saturated heterocycles. The number of urea groups is 1. The van der Waals surface area contributed by atoms with Crippen LogP contribution in [0.2, 0.25) is 5.02 Å². The maximum Gasteiger partial charge on any atom is 0.317 e. The molecule has 6 heteroatoms. The number of rotatable bonds is 6. The van der Waals surface area contributed by atoms with Crippen molar-refractivity contribution < 1.29 is 9.53 Å². The summed E-state index contributed by atoms with van der Waals surface area (Å²) in [5.41, 5.74) is 3.38. The fourth-order valence-corrected chi connectivity index (χ4v) is 3.29. The van der Waals surface area contributed by atoms with Crippen LogP contribution in [0.3, 0.4) is 0 Å². The molecule has 2 aromatic carbocycles. The number of hydrogen-bond acceptors (Lipinski definition) is 3. The Morgan fingerprint density at radius 3 is 2.52 bits per heavy atom. The number of nitrogens with zero attached hydrogens (tertiary/aromatic N) is 2. The van der Waals surface area contributed by atoms with Gasteiger partial charge in [-0.1, -0.05) is 48.0 Å². The Balaban J connectivity index is 1.45. The highest BCUT2D eigenvalue weighted by Gasteiger charge is 2.11. The molecule has 27 heavy (non-hydrogen) atoms. The van der Waals surface area contributed by atoms with Crippen molar-refractivity contribution in [1.29, 1.82) is 0 Å². The Morgan fingerprint density at radius 2 is 1.81 bits per heavy atom. The van der Waals surface area contributed by atoms with E-state index in [9.17, 15) is 4.79 Å². The van der Waals surface area contributed by atoms with E-state index in [2.05, 4.69) is 34.5 Å². The zero-order chi connectivity index (χ0) is 19.1. The number of benzene rings is 2. The fraction of sp³-hybridized carbons (Fsp3) is 0.381. The van der Waals surface area contributed by atoms with Crippen molar-refractivity contribution in [2.45, 2.75) is 19.6 Å². The molecule has 0 bridgehead atoms. The molecule has 0 unspecified atom stereocenters. The number of nitrogens with one attached hydrogen (secondary N) is 1. The summed E-state index contributed by atoms with van der Waals surface area (Å²) in [6.45, 7) is 5.56. The second-order valence-electron chi connectivity index (χ2n) is 6.85. The molecule has 2 aromatic rings. The third-order valence-electron chi connectivity index (χ3n) is 4.63. The first-order valence-corrected chi connectivity index (χ1v) is 9.59. The smallest absolute Gasteiger partial charge is 0.317 e. The summed E-state index contributed by atoms with van der Waals surface area (Å²) in [5, 5.41) is 3.64. The van der Waals surface area contributed by atoms with Crippen molar-refractivity contribution in [3.63, 3.8) is 0 Å². The van der Waals surface area contributed by atoms with Crippen molar-refractivity contribution >= 4 is 17.6 Å². The van der Waals surface area contributed by atoms with Gasteiger partial charge in [0.1, 0.15) is 0 Å². The quantitative estimate of drug-likeness (QED) is 0.824. The maximum atomic E-state index is 12.3. The molecular weight excluding hydrogens is 362 g/mol. The lowest BCUT2D eigenvalue weighted by atomic mass is 10.1. The Kier molecular flexibility index (Phi) is 7.10. The number of amides is 2. The largest absolute Gasteiger partial charge is 0.379 e. The summed E-state index contributed by atoms with van der Waals surface area (Å²) in [5.74, 6) is 0.